The van der Waals surface area contributed by atoms with Crippen LogP contribution in [-0.2, 0) is 29.5 Å². The van der Waals surface area contributed by atoms with Crippen LogP contribution < -0.4 is 9.47 Å². The number of benzene rings is 4. The quantitative estimate of drug-likeness (QED) is 0.151. The lowest BCUT2D eigenvalue weighted by Crippen LogP contribution is -2.30. The fourth-order valence-electron chi connectivity index (χ4n) is 4.22. The van der Waals surface area contributed by atoms with Gasteiger partial charge < -0.3 is 9.47 Å². The van der Waals surface area contributed by atoms with Gasteiger partial charge in [0.25, 0.3) is 0 Å². The predicted octanol–water partition coefficient (Wildman–Crippen LogP) is 10.4. The Morgan fingerprint density at radius 1 is 0.533 bits per heavy atom. The first-order valence-electron chi connectivity index (χ1n) is 13.0. The maximum absolute atomic E-state index is 14.8. The average Bonchev–Trinajstić information content (AvgIpc) is 2.92. The highest BCUT2D eigenvalue weighted by Crippen LogP contribution is 2.41. The summed E-state index contributed by atoms with van der Waals surface area (Å²) in [6.45, 7) is 2.05. The smallest absolute Gasteiger partial charge is 0.429 e. The molecule has 14 heteroatoms. The van der Waals surface area contributed by atoms with E-state index in [-0.39, 0.29) is 12.1 Å². The number of alkyl halides is 9. The number of halogens is 11. The molecule has 4 rings (SSSR count). The van der Waals surface area contributed by atoms with Crippen molar-refractivity contribution in [3.05, 3.63) is 119 Å². The van der Waals surface area contributed by atoms with Crippen molar-refractivity contribution in [2.75, 3.05) is 0 Å². The molecule has 240 valence electrons. The van der Waals surface area contributed by atoms with Crippen molar-refractivity contribution in [3.8, 4) is 22.6 Å². The Bertz CT molecular complexity index is 1580. The monoisotopic (exact) mass is 650 g/mol. The molecule has 0 N–H and O–H groups in total. The van der Waals surface area contributed by atoms with E-state index in [1.165, 1.54) is 12.1 Å². The molecule has 0 aliphatic rings. The van der Waals surface area contributed by atoms with Crippen molar-refractivity contribution in [2.24, 2.45) is 0 Å². The van der Waals surface area contributed by atoms with Gasteiger partial charge in [-0.05, 0) is 59.5 Å². The minimum Gasteiger partial charge on any atom is -0.429 e. The summed E-state index contributed by atoms with van der Waals surface area (Å²) in [5.41, 5.74) is -1.46. The van der Waals surface area contributed by atoms with Gasteiger partial charge in [-0.3, -0.25) is 0 Å². The van der Waals surface area contributed by atoms with Crippen LogP contribution in [0, 0.1) is 11.6 Å². The zero-order chi connectivity index (χ0) is 33.2. The lowest BCUT2D eigenvalue weighted by atomic mass is 10.0. The minimum absolute atomic E-state index is 0.204. The number of hydrogen-bond donors (Lipinski definition) is 0. The molecule has 0 atom stereocenters. The van der Waals surface area contributed by atoms with E-state index < -0.39 is 64.5 Å². The van der Waals surface area contributed by atoms with Crippen molar-refractivity contribution in [1.29, 1.82) is 0 Å². The van der Waals surface area contributed by atoms with Gasteiger partial charge in [-0.2, -0.15) is 26.3 Å². The predicted molar refractivity (Wildman–Crippen MR) is 139 cm³/mol. The second-order valence-corrected chi connectivity index (χ2v) is 9.61. The maximum Gasteiger partial charge on any atom is 0.527 e. The van der Waals surface area contributed by atoms with Crippen LogP contribution >= 0.6 is 0 Å². The van der Waals surface area contributed by atoms with E-state index in [4.69, 9.17) is 4.74 Å². The standard InChI is InChI=1S/C31H21F11O3/c1-2-3-18-4-6-19(7-5-18)20-8-10-21(11-9-20)28(34,35)43-23-14-12-22(13-15-23)29(36,37)44-24-16-25(32)27(26(33)17-24)30(38,39)45-31(40,41)42/h4-17H,2-3H2,1H3. The fourth-order valence-corrected chi connectivity index (χ4v) is 4.22. The number of hydrogen-bond acceptors (Lipinski definition) is 3. The highest BCUT2D eigenvalue weighted by molar-refractivity contribution is 5.64. The normalized spacial score (nSPS) is 12.7. The number of ether oxygens (including phenoxy) is 3. The van der Waals surface area contributed by atoms with Crippen molar-refractivity contribution < 1.29 is 62.5 Å². The minimum atomic E-state index is -5.99. The van der Waals surface area contributed by atoms with Gasteiger partial charge in [-0.15, -0.1) is 13.2 Å². The van der Waals surface area contributed by atoms with Gasteiger partial charge in [0.15, 0.2) is 0 Å². The van der Waals surface area contributed by atoms with Crippen LogP contribution in [0.3, 0.4) is 0 Å². The van der Waals surface area contributed by atoms with Crippen LogP contribution in [0.2, 0.25) is 0 Å². The third-order valence-electron chi connectivity index (χ3n) is 6.28. The molecular formula is C31H21F11O3. The number of rotatable bonds is 11. The first-order valence-corrected chi connectivity index (χ1v) is 13.0. The van der Waals surface area contributed by atoms with Gasteiger partial charge in [-0.1, -0.05) is 49.7 Å². The molecule has 0 aromatic heterocycles. The fraction of sp³-hybridized carbons (Fsp3) is 0.226. The molecule has 0 saturated heterocycles. The summed E-state index contributed by atoms with van der Waals surface area (Å²) in [4.78, 5) is 0. The maximum atomic E-state index is 14.8. The van der Waals surface area contributed by atoms with E-state index in [1.54, 1.807) is 0 Å². The third-order valence-corrected chi connectivity index (χ3v) is 6.28. The molecule has 0 amide bonds. The van der Waals surface area contributed by atoms with E-state index >= 15 is 0 Å². The molecule has 0 bridgehead atoms. The lowest BCUT2D eigenvalue weighted by molar-refractivity contribution is -0.432. The Morgan fingerprint density at radius 3 is 1.40 bits per heavy atom. The van der Waals surface area contributed by atoms with Crippen molar-refractivity contribution in [2.45, 2.75) is 44.5 Å². The third kappa shape index (κ3) is 8.24. The summed E-state index contributed by atoms with van der Waals surface area (Å²) in [7, 11) is 0. The molecule has 4 aromatic carbocycles. The second-order valence-electron chi connectivity index (χ2n) is 9.61. The van der Waals surface area contributed by atoms with Gasteiger partial charge in [-0.25, -0.2) is 13.5 Å². The largest absolute Gasteiger partial charge is 0.527 e. The molecule has 45 heavy (non-hydrogen) atoms. The summed E-state index contributed by atoms with van der Waals surface area (Å²) in [6, 6.07) is 15.0. The Labute approximate surface area is 248 Å². The molecule has 0 fully saturated rings. The van der Waals surface area contributed by atoms with Gasteiger partial charge in [0, 0.05) is 12.1 Å². The van der Waals surface area contributed by atoms with Crippen molar-refractivity contribution in [1.82, 2.24) is 0 Å². The molecule has 3 nitrogen and oxygen atoms in total. The summed E-state index contributed by atoms with van der Waals surface area (Å²) in [6.07, 6.45) is -18.0. The molecule has 0 aliphatic carbocycles. The van der Waals surface area contributed by atoms with Crippen LogP contribution in [-0.4, -0.2) is 6.36 Å². The molecule has 0 heterocycles. The molecule has 0 spiro atoms. The van der Waals surface area contributed by atoms with Crippen molar-refractivity contribution in [3.63, 3.8) is 0 Å². The van der Waals surface area contributed by atoms with E-state index in [9.17, 15) is 48.3 Å². The van der Waals surface area contributed by atoms with Crippen LogP contribution in [0.15, 0.2) is 84.9 Å². The van der Waals surface area contributed by atoms with Gasteiger partial charge in [0.2, 0.25) is 0 Å². The Kier molecular flexibility index (Phi) is 9.38. The van der Waals surface area contributed by atoms with Crippen LogP contribution in [0.5, 0.6) is 11.5 Å². The first kappa shape index (κ1) is 33.6. The zero-order valence-electron chi connectivity index (χ0n) is 22.9. The van der Waals surface area contributed by atoms with Crippen LogP contribution in [0.1, 0.15) is 35.6 Å². The van der Waals surface area contributed by atoms with E-state index in [2.05, 4.69) is 9.47 Å². The molecule has 0 saturated carbocycles. The van der Waals surface area contributed by atoms with Gasteiger partial charge >= 0.3 is 24.7 Å². The average molecular weight is 650 g/mol. The summed E-state index contributed by atoms with van der Waals surface area (Å²) >= 11 is 0. The topological polar surface area (TPSA) is 27.7 Å². The summed E-state index contributed by atoms with van der Waals surface area (Å²) in [5, 5.41) is 0. The van der Waals surface area contributed by atoms with Gasteiger partial charge in [0.1, 0.15) is 28.7 Å². The highest BCUT2D eigenvalue weighted by Gasteiger charge is 2.50. The molecular weight excluding hydrogens is 629 g/mol. The van der Waals surface area contributed by atoms with Crippen LogP contribution in [0.4, 0.5) is 48.3 Å². The van der Waals surface area contributed by atoms with E-state index in [1.807, 2.05) is 31.2 Å². The molecule has 0 unspecified atom stereocenters. The first-order chi connectivity index (χ1) is 20.9. The van der Waals surface area contributed by atoms with Crippen LogP contribution in [0.25, 0.3) is 11.1 Å². The second kappa shape index (κ2) is 12.6. The molecule has 0 radical (unpaired) electrons. The van der Waals surface area contributed by atoms with Crippen molar-refractivity contribution >= 4 is 0 Å². The number of aryl methyl sites for hydroxylation is 1. The Morgan fingerprint density at radius 2 is 0.956 bits per heavy atom. The van der Waals surface area contributed by atoms with E-state index in [0.29, 0.717) is 17.7 Å². The highest BCUT2D eigenvalue weighted by atomic mass is 19.4. The van der Waals surface area contributed by atoms with E-state index in [0.717, 1.165) is 48.2 Å². The van der Waals surface area contributed by atoms with Gasteiger partial charge in [0.05, 0.1) is 11.1 Å². The lowest BCUT2D eigenvalue weighted by Gasteiger charge is -2.22. The zero-order valence-corrected chi connectivity index (χ0v) is 22.9. The Hall–Kier alpha value is -4.33. The summed E-state index contributed by atoms with van der Waals surface area (Å²) < 4.78 is 162. The molecule has 4 aromatic rings. The Balaban J connectivity index is 1.45. The molecule has 0 aliphatic heterocycles. The SMILES string of the molecule is CCCc1ccc(-c2ccc(C(F)(F)Oc3ccc(C(F)(F)Oc4cc(F)c(C(F)(F)OC(F)(F)F)c(F)c4)cc3)cc2)cc1. The summed E-state index contributed by atoms with van der Waals surface area (Å²) in [5.74, 6) is -6.69.